The van der Waals surface area contributed by atoms with Gasteiger partial charge >= 0.3 is 0 Å². The van der Waals surface area contributed by atoms with E-state index in [1.165, 1.54) is 12.1 Å². The quantitative estimate of drug-likeness (QED) is 0.159. The number of halogens is 1. The maximum Gasteiger partial charge on any atom is 0.238 e. The minimum atomic E-state index is -0.593. The molecule has 1 atom stereocenters. The van der Waals surface area contributed by atoms with E-state index in [0.717, 1.165) is 27.7 Å². The van der Waals surface area contributed by atoms with Crippen LogP contribution in [0.25, 0.3) is 16.6 Å². The number of allylic oxidation sites excluding steroid dienone is 6. The molecule has 4 aromatic carbocycles. The van der Waals surface area contributed by atoms with Crippen molar-refractivity contribution in [2.24, 2.45) is 0 Å². The Morgan fingerprint density at radius 2 is 1.57 bits per heavy atom. The third-order valence-electron chi connectivity index (χ3n) is 7.02. The van der Waals surface area contributed by atoms with Crippen LogP contribution >= 0.6 is 0 Å². The van der Waals surface area contributed by atoms with Crippen LogP contribution in [-0.2, 0) is 5.41 Å². The van der Waals surface area contributed by atoms with Gasteiger partial charge in [0.05, 0.1) is 17.2 Å². The predicted molar refractivity (Wildman–Crippen MR) is 156 cm³/mol. The van der Waals surface area contributed by atoms with Crippen molar-refractivity contribution in [2.45, 2.75) is 11.8 Å². The highest BCUT2D eigenvalue weighted by atomic mass is 19.1. The summed E-state index contributed by atoms with van der Waals surface area (Å²) >= 11 is 0. The van der Waals surface area contributed by atoms with Gasteiger partial charge in [0.1, 0.15) is 11.6 Å². The number of ketones is 1. The minimum Gasteiger partial charge on any atom is -0.437 e. The molecule has 40 heavy (non-hydrogen) atoms. The number of nitrogens with zero attached hydrogens (tertiary/aromatic N) is 2. The normalized spacial score (nSPS) is 16.7. The van der Waals surface area contributed by atoms with Crippen LogP contribution in [0.2, 0.25) is 0 Å². The van der Waals surface area contributed by atoms with Crippen LogP contribution < -0.4 is 4.74 Å². The second-order valence-electron chi connectivity index (χ2n) is 9.66. The molecule has 5 heteroatoms. The molecule has 1 aliphatic rings. The fourth-order valence-corrected chi connectivity index (χ4v) is 4.91. The molecule has 194 valence electrons. The Morgan fingerprint density at radius 3 is 2.35 bits per heavy atom. The van der Waals surface area contributed by atoms with Gasteiger partial charge in [-0.2, -0.15) is 0 Å². The molecular weight excluding hydrogens is 499 g/mol. The van der Waals surface area contributed by atoms with Crippen LogP contribution in [-0.4, -0.2) is 15.8 Å². The molecule has 0 bridgehead atoms. The average Bonchev–Trinajstić information content (AvgIpc) is 3.01. The van der Waals surface area contributed by atoms with Gasteiger partial charge in [-0.15, -0.1) is 0 Å². The molecule has 1 heterocycles. The van der Waals surface area contributed by atoms with E-state index in [0.29, 0.717) is 23.6 Å². The van der Waals surface area contributed by atoms with Crippen molar-refractivity contribution in [3.8, 4) is 11.6 Å². The van der Waals surface area contributed by atoms with Gasteiger partial charge in [-0.25, -0.2) is 14.4 Å². The van der Waals surface area contributed by atoms with E-state index in [4.69, 9.17) is 4.74 Å². The molecule has 0 radical (unpaired) electrons. The number of aromatic nitrogens is 2. The number of carbonyl (C=O) groups is 1. The Morgan fingerprint density at radius 1 is 0.850 bits per heavy atom. The van der Waals surface area contributed by atoms with Gasteiger partial charge in [-0.1, -0.05) is 91.0 Å². The van der Waals surface area contributed by atoms with Crippen molar-refractivity contribution in [3.05, 3.63) is 162 Å². The van der Waals surface area contributed by atoms with Crippen LogP contribution in [0.1, 0.15) is 27.9 Å². The number of carbonyl (C=O) groups excluding carboxylic acids is 1. The van der Waals surface area contributed by atoms with E-state index in [1.807, 2.05) is 97.1 Å². The molecule has 0 amide bonds. The first-order chi connectivity index (χ1) is 19.6. The van der Waals surface area contributed by atoms with E-state index in [1.54, 1.807) is 24.4 Å². The van der Waals surface area contributed by atoms with E-state index in [-0.39, 0.29) is 11.6 Å². The molecule has 1 aliphatic carbocycles. The van der Waals surface area contributed by atoms with E-state index >= 15 is 0 Å². The lowest BCUT2D eigenvalue weighted by molar-refractivity contribution is 0.104. The second kappa shape index (κ2) is 10.9. The highest BCUT2D eigenvalue weighted by Gasteiger charge is 2.30. The molecule has 0 saturated heterocycles. The van der Waals surface area contributed by atoms with Gasteiger partial charge in [0.15, 0.2) is 5.78 Å². The third kappa shape index (κ3) is 5.36. The molecule has 1 aromatic heterocycles. The molecule has 0 N–H and O–H groups in total. The highest BCUT2D eigenvalue weighted by Crippen LogP contribution is 2.41. The largest absolute Gasteiger partial charge is 0.437 e. The Bertz CT molecular complexity index is 1760. The SMILES string of the molecule is O=C(/C=C/C1(c2ccc(Oc3cnc4ccccc4n3)cc2)C=CC=C(c2ccc(F)cc2)C1)c1ccccc1. The van der Waals surface area contributed by atoms with Crippen LogP contribution in [0, 0.1) is 5.82 Å². The first-order valence-corrected chi connectivity index (χ1v) is 13.0. The van der Waals surface area contributed by atoms with Gasteiger partial charge in [-0.3, -0.25) is 4.79 Å². The number of hydrogen-bond acceptors (Lipinski definition) is 4. The number of hydrogen-bond donors (Lipinski definition) is 0. The van der Waals surface area contributed by atoms with Gasteiger partial charge in [-0.05, 0) is 65.6 Å². The lowest BCUT2D eigenvalue weighted by Crippen LogP contribution is -2.23. The molecule has 6 rings (SSSR count). The van der Waals surface area contributed by atoms with Gasteiger partial charge in [0, 0.05) is 11.0 Å². The molecule has 1 unspecified atom stereocenters. The lowest BCUT2D eigenvalue weighted by atomic mass is 9.71. The Balaban J connectivity index is 1.31. The second-order valence-corrected chi connectivity index (χ2v) is 9.66. The summed E-state index contributed by atoms with van der Waals surface area (Å²) in [4.78, 5) is 22.0. The molecule has 0 fully saturated rings. The first-order valence-electron chi connectivity index (χ1n) is 13.0. The van der Waals surface area contributed by atoms with Crippen molar-refractivity contribution in [3.63, 3.8) is 0 Å². The molecule has 0 saturated carbocycles. The summed E-state index contributed by atoms with van der Waals surface area (Å²) in [6.45, 7) is 0. The average molecular weight is 525 g/mol. The summed E-state index contributed by atoms with van der Waals surface area (Å²) in [6, 6.07) is 31.1. The fourth-order valence-electron chi connectivity index (χ4n) is 4.91. The number of rotatable bonds is 7. The Hall–Kier alpha value is -5.16. The van der Waals surface area contributed by atoms with Crippen molar-refractivity contribution >= 4 is 22.4 Å². The van der Waals surface area contributed by atoms with Crippen LogP contribution in [0.5, 0.6) is 11.6 Å². The molecule has 4 nitrogen and oxygen atoms in total. The fraction of sp³-hybridized carbons (Fsp3) is 0.0571. The van der Waals surface area contributed by atoms with Crippen molar-refractivity contribution in [2.75, 3.05) is 0 Å². The maximum absolute atomic E-state index is 13.6. The van der Waals surface area contributed by atoms with Crippen LogP contribution in [0.15, 0.2) is 140 Å². The standard InChI is InChI=1S/C35H25FN2O2/c36-29-16-12-25(13-17-29)27-9-6-21-35(23-27,22-20-33(39)26-7-2-1-3-8-26)28-14-18-30(19-15-28)40-34-24-37-31-10-4-5-11-32(31)38-34/h1-22,24H,23H2/b22-20+. The Labute approximate surface area is 231 Å². The van der Waals surface area contributed by atoms with E-state index < -0.39 is 5.41 Å². The number of fused-ring (bicyclic) bond motifs is 1. The van der Waals surface area contributed by atoms with Gasteiger partial charge < -0.3 is 4.74 Å². The summed E-state index contributed by atoms with van der Waals surface area (Å²) in [6.07, 6.45) is 11.9. The molecule has 0 spiro atoms. The summed E-state index contributed by atoms with van der Waals surface area (Å²) in [5, 5.41) is 0. The zero-order chi connectivity index (χ0) is 27.4. The highest BCUT2D eigenvalue weighted by molar-refractivity contribution is 6.04. The monoisotopic (exact) mass is 524 g/mol. The van der Waals surface area contributed by atoms with Crippen molar-refractivity contribution < 1.29 is 13.9 Å². The van der Waals surface area contributed by atoms with Crippen LogP contribution in [0.4, 0.5) is 4.39 Å². The van der Waals surface area contributed by atoms with Crippen molar-refractivity contribution in [1.29, 1.82) is 0 Å². The van der Waals surface area contributed by atoms with Gasteiger partial charge in [0.2, 0.25) is 5.88 Å². The van der Waals surface area contributed by atoms with Crippen molar-refractivity contribution in [1.82, 2.24) is 9.97 Å². The smallest absolute Gasteiger partial charge is 0.238 e. The molecule has 0 aliphatic heterocycles. The van der Waals surface area contributed by atoms with E-state index in [2.05, 4.69) is 16.0 Å². The number of benzene rings is 4. The lowest BCUT2D eigenvalue weighted by Gasteiger charge is -2.32. The summed E-state index contributed by atoms with van der Waals surface area (Å²) in [5.41, 5.74) is 4.58. The summed E-state index contributed by atoms with van der Waals surface area (Å²) in [5.74, 6) is 0.693. The topological polar surface area (TPSA) is 52.1 Å². The van der Waals surface area contributed by atoms with Gasteiger partial charge in [0.25, 0.3) is 0 Å². The third-order valence-corrected chi connectivity index (χ3v) is 7.02. The maximum atomic E-state index is 13.6. The summed E-state index contributed by atoms with van der Waals surface area (Å²) in [7, 11) is 0. The first kappa shape index (κ1) is 25.1. The summed E-state index contributed by atoms with van der Waals surface area (Å²) < 4.78 is 19.6. The molecular formula is C35H25FN2O2. The van der Waals surface area contributed by atoms with Crippen LogP contribution in [0.3, 0.4) is 0 Å². The van der Waals surface area contributed by atoms with E-state index in [9.17, 15) is 9.18 Å². The minimum absolute atomic E-state index is 0.0684. The number of ether oxygens (including phenoxy) is 1. The predicted octanol–water partition coefficient (Wildman–Crippen LogP) is 8.28. The zero-order valence-electron chi connectivity index (χ0n) is 21.6. The zero-order valence-corrected chi connectivity index (χ0v) is 21.6. The molecule has 5 aromatic rings. The Kier molecular flexibility index (Phi) is 6.86. The number of para-hydroxylation sites is 2.